The van der Waals surface area contributed by atoms with Gasteiger partial charge in [0.25, 0.3) is 0 Å². The summed E-state index contributed by atoms with van der Waals surface area (Å²) in [4.78, 5) is 27.7. The summed E-state index contributed by atoms with van der Waals surface area (Å²) in [7, 11) is 0. The standard InChI is InChI=1S/C21H20ClN5O2/c22-16-4-5-19(23-11-16)27-8-6-14(7-9-27)21(29)26-17-12-24-20(25-13-17)15-2-1-3-18(28)10-15/h1-5,10-14,28H,6-9H2,(H,26,29). The van der Waals surface area contributed by atoms with Crippen LogP contribution >= 0.6 is 11.6 Å². The molecule has 148 valence electrons. The molecular weight excluding hydrogens is 390 g/mol. The molecule has 8 heteroatoms. The predicted octanol–water partition coefficient (Wildman–Crippen LogP) is 3.75. The zero-order valence-corrected chi connectivity index (χ0v) is 16.4. The van der Waals surface area contributed by atoms with E-state index < -0.39 is 0 Å². The van der Waals surface area contributed by atoms with Crippen LogP contribution in [0, 0.1) is 5.92 Å². The maximum Gasteiger partial charge on any atom is 0.227 e. The first-order valence-corrected chi connectivity index (χ1v) is 9.75. The van der Waals surface area contributed by atoms with Gasteiger partial charge in [0.1, 0.15) is 11.6 Å². The van der Waals surface area contributed by atoms with E-state index >= 15 is 0 Å². The van der Waals surface area contributed by atoms with Gasteiger partial charge >= 0.3 is 0 Å². The summed E-state index contributed by atoms with van der Waals surface area (Å²) < 4.78 is 0. The number of nitrogens with one attached hydrogen (secondary N) is 1. The van der Waals surface area contributed by atoms with Crippen molar-refractivity contribution in [3.8, 4) is 17.1 Å². The lowest BCUT2D eigenvalue weighted by molar-refractivity contribution is -0.120. The molecule has 1 amide bonds. The molecule has 2 aromatic heterocycles. The molecule has 0 atom stereocenters. The van der Waals surface area contributed by atoms with Crippen LogP contribution in [-0.2, 0) is 4.79 Å². The van der Waals surface area contributed by atoms with Crippen LogP contribution in [0.5, 0.6) is 5.75 Å². The number of amides is 1. The Morgan fingerprint density at radius 3 is 2.48 bits per heavy atom. The van der Waals surface area contributed by atoms with E-state index in [1.807, 2.05) is 18.2 Å². The molecule has 0 spiro atoms. The second-order valence-electron chi connectivity index (χ2n) is 6.93. The Balaban J connectivity index is 1.33. The van der Waals surface area contributed by atoms with Gasteiger partial charge in [-0.3, -0.25) is 4.79 Å². The molecule has 0 bridgehead atoms. The quantitative estimate of drug-likeness (QED) is 0.681. The first kappa shape index (κ1) is 19.1. The summed E-state index contributed by atoms with van der Waals surface area (Å²) in [6.07, 6.45) is 6.29. The fourth-order valence-electron chi connectivity index (χ4n) is 3.36. The van der Waals surface area contributed by atoms with Crippen molar-refractivity contribution >= 4 is 29.0 Å². The van der Waals surface area contributed by atoms with E-state index in [9.17, 15) is 9.90 Å². The number of hydrogen-bond donors (Lipinski definition) is 2. The second kappa shape index (κ2) is 8.45. The van der Waals surface area contributed by atoms with Crippen LogP contribution in [-0.4, -0.2) is 39.1 Å². The third-order valence-corrected chi connectivity index (χ3v) is 5.15. The Kier molecular flexibility index (Phi) is 5.57. The molecule has 2 N–H and O–H groups in total. The monoisotopic (exact) mass is 409 g/mol. The van der Waals surface area contributed by atoms with Crippen LogP contribution in [0.4, 0.5) is 11.5 Å². The molecule has 4 rings (SSSR count). The largest absolute Gasteiger partial charge is 0.508 e. The van der Waals surface area contributed by atoms with Crippen molar-refractivity contribution in [2.24, 2.45) is 5.92 Å². The van der Waals surface area contributed by atoms with Crippen LogP contribution < -0.4 is 10.2 Å². The lowest BCUT2D eigenvalue weighted by Crippen LogP contribution is -2.38. The number of hydrogen-bond acceptors (Lipinski definition) is 6. The Bertz CT molecular complexity index is 987. The van der Waals surface area contributed by atoms with Gasteiger partial charge in [-0.25, -0.2) is 15.0 Å². The number of halogens is 1. The molecule has 3 heterocycles. The second-order valence-corrected chi connectivity index (χ2v) is 7.37. The van der Waals surface area contributed by atoms with E-state index in [0.29, 0.717) is 22.1 Å². The number of benzene rings is 1. The molecule has 29 heavy (non-hydrogen) atoms. The highest BCUT2D eigenvalue weighted by Gasteiger charge is 2.25. The minimum absolute atomic E-state index is 0.0255. The lowest BCUT2D eigenvalue weighted by atomic mass is 9.96. The molecule has 1 aromatic carbocycles. The van der Waals surface area contributed by atoms with Crippen LogP contribution in [0.15, 0.2) is 55.0 Å². The van der Waals surface area contributed by atoms with E-state index in [1.54, 1.807) is 36.8 Å². The molecule has 0 unspecified atom stereocenters. The molecule has 3 aromatic rings. The number of phenols is 1. The van der Waals surface area contributed by atoms with Crippen LogP contribution in [0.3, 0.4) is 0 Å². The summed E-state index contributed by atoms with van der Waals surface area (Å²) >= 11 is 5.89. The predicted molar refractivity (Wildman–Crippen MR) is 112 cm³/mol. The summed E-state index contributed by atoms with van der Waals surface area (Å²) in [5.74, 6) is 1.43. The normalized spacial score (nSPS) is 14.6. The highest BCUT2D eigenvalue weighted by molar-refractivity contribution is 6.30. The van der Waals surface area contributed by atoms with Crippen molar-refractivity contribution in [3.63, 3.8) is 0 Å². The molecule has 1 saturated heterocycles. The van der Waals surface area contributed by atoms with Crippen LogP contribution in [0.25, 0.3) is 11.4 Å². The highest BCUT2D eigenvalue weighted by Crippen LogP contribution is 2.24. The topological polar surface area (TPSA) is 91.2 Å². The van der Waals surface area contributed by atoms with Gasteiger partial charge in [0.05, 0.1) is 23.1 Å². The van der Waals surface area contributed by atoms with Gasteiger partial charge in [-0.1, -0.05) is 23.7 Å². The Morgan fingerprint density at radius 2 is 1.83 bits per heavy atom. The van der Waals surface area contributed by atoms with Gasteiger partial charge in [0, 0.05) is 30.8 Å². The number of aromatic hydroxyl groups is 1. The average Bonchev–Trinajstić information content (AvgIpc) is 2.75. The van der Waals surface area contributed by atoms with Crippen molar-refractivity contribution in [1.29, 1.82) is 0 Å². The Hall–Kier alpha value is -3.19. The molecule has 0 aliphatic carbocycles. The van der Waals surface area contributed by atoms with Crippen molar-refractivity contribution in [2.75, 3.05) is 23.3 Å². The number of carbonyl (C=O) groups excluding carboxylic acids is 1. The number of piperidine rings is 1. The minimum Gasteiger partial charge on any atom is -0.508 e. The highest BCUT2D eigenvalue weighted by atomic mass is 35.5. The first-order valence-electron chi connectivity index (χ1n) is 9.37. The summed E-state index contributed by atoms with van der Waals surface area (Å²) in [6.45, 7) is 1.53. The van der Waals surface area contributed by atoms with E-state index in [-0.39, 0.29) is 17.6 Å². The molecular formula is C21H20ClN5O2. The number of rotatable bonds is 4. The number of nitrogens with zero attached hydrogens (tertiary/aromatic N) is 4. The third kappa shape index (κ3) is 4.63. The Morgan fingerprint density at radius 1 is 1.07 bits per heavy atom. The van der Waals surface area contributed by atoms with Crippen molar-refractivity contribution in [2.45, 2.75) is 12.8 Å². The average molecular weight is 410 g/mol. The van der Waals surface area contributed by atoms with E-state index in [4.69, 9.17) is 11.6 Å². The lowest BCUT2D eigenvalue weighted by Gasteiger charge is -2.32. The molecule has 1 aliphatic rings. The van der Waals surface area contributed by atoms with E-state index in [1.165, 1.54) is 0 Å². The maximum absolute atomic E-state index is 12.6. The van der Waals surface area contributed by atoms with E-state index in [2.05, 4.69) is 25.2 Å². The number of aromatic nitrogens is 3. The number of carbonyl (C=O) groups is 1. The number of pyridine rings is 1. The van der Waals surface area contributed by atoms with Crippen molar-refractivity contribution in [3.05, 3.63) is 60.0 Å². The van der Waals surface area contributed by atoms with Gasteiger partial charge in [0.2, 0.25) is 5.91 Å². The molecule has 1 aliphatic heterocycles. The van der Waals surface area contributed by atoms with Crippen molar-refractivity contribution < 1.29 is 9.90 Å². The molecule has 0 saturated carbocycles. The summed E-state index contributed by atoms with van der Waals surface area (Å²) in [5, 5.41) is 13.1. The Labute approximate surface area is 173 Å². The van der Waals surface area contributed by atoms with Gasteiger partial charge in [-0.15, -0.1) is 0 Å². The van der Waals surface area contributed by atoms with Gasteiger partial charge in [-0.05, 0) is 37.1 Å². The van der Waals surface area contributed by atoms with Crippen molar-refractivity contribution in [1.82, 2.24) is 15.0 Å². The van der Waals surface area contributed by atoms with Crippen LogP contribution in [0.1, 0.15) is 12.8 Å². The summed E-state index contributed by atoms with van der Waals surface area (Å²) in [6, 6.07) is 10.5. The minimum atomic E-state index is -0.0655. The molecule has 7 nitrogen and oxygen atoms in total. The summed E-state index contributed by atoms with van der Waals surface area (Å²) in [5.41, 5.74) is 1.27. The molecule has 1 fully saturated rings. The zero-order chi connectivity index (χ0) is 20.2. The zero-order valence-electron chi connectivity index (χ0n) is 15.6. The smallest absolute Gasteiger partial charge is 0.227 e. The molecule has 0 radical (unpaired) electrons. The number of anilines is 2. The van der Waals surface area contributed by atoms with Crippen LogP contribution in [0.2, 0.25) is 5.02 Å². The maximum atomic E-state index is 12.6. The van der Waals surface area contributed by atoms with Gasteiger partial charge in [-0.2, -0.15) is 0 Å². The van der Waals surface area contributed by atoms with Gasteiger partial charge in [0.15, 0.2) is 5.82 Å². The SMILES string of the molecule is O=C(Nc1cnc(-c2cccc(O)c2)nc1)C1CCN(c2ccc(Cl)cn2)CC1. The fourth-order valence-corrected chi connectivity index (χ4v) is 3.47. The fraction of sp³-hybridized carbons (Fsp3) is 0.238. The first-order chi connectivity index (χ1) is 14.1. The van der Waals surface area contributed by atoms with Gasteiger partial charge < -0.3 is 15.3 Å². The third-order valence-electron chi connectivity index (χ3n) is 4.93. The number of phenolic OH excluding ortho intramolecular Hbond substituents is 1. The van der Waals surface area contributed by atoms with E-state index in [0.717, 1.165) is 31.7 Å².